The quantitative estimate of drug-likeness (QED) is 0.626. The van der Waals surface area contributed by atoms with E-state index in [1.54, 1.807) is 0 Å². The first-order chi connectivity index (χ1) is 8.41. The van der Waals surface area contributed by atoms with Crippen LogP contribution in [-0.4, -0.2) is 53.6 Å². The van der Waals surface area contributed by atoms with Gasteiger partial charge < -0.3 is 15.7 Å². The standard InChI is InChI=1S/C11H17N3O4/c1-11(2-3-11)6-13-10(18)14-5-8(15)12-4-7(14)9(16)17/h7H,2-6H2,1H3,(H,12,15)(H,13,18)(H,16,17). The highest BCUT2D eigenvalue weighted by atomic mass is 16.4. The Morgan fingerprint density at radius 1 is 1.56 bits per heavy atom. The van der Waals surface area contributed by atoms with Crippen molar-refractivity contribution in [3.05, 3.63) is 0 Å². The van der Waals surface area contributed by atoms with Crippen LogP contribution in [0.3, 0.4) is 0 Å². The highest BCUT2D eigenvalue weighted by Gasteiger charge is 2.39. The summed E-state index contributed by atoms with van der Waals surface area (Å²) in [6.07, 6.45) is 2.13. The maximum absolute atomic E-state index is 11.9. The molecule has 7 heteroatoms. The summed E-state index contributed by atoms with van der Waals surface area (Å²) >= 11 is 0. The van der Waals surface area contributed by atoms with Gasteiger partial charge in [-0.25, -0.2) is 9.59 Å². The lowest BCUT2D eigenvalue weighted by Crippen LogP contribution is -2.61. The van der Waals surface area contributed by atoms with Gasteiger partial charge in [0.2, 0.25) is 5.91 Å². The molecule has 1 heterocycles. The molecular formula is C11H17N3O4. The van der Waals surface area contributed by atoms with Crippen molar-refractivity contribution in [2.24, 2.45) is 5.41 Å². The minimum atomic E-state index is -1.11. The number of carboxylic acids is 1. The van der Waals surface area contributed by atoms with E-state index in [1.807, 2.05) is 0 Å². The van der Waals surface area contributed by atoms with Gasteiger partial charge in [0.15, 0.2) is 0 Å². The Morgan fingerprint density at radius 3 is 2.78 bits per heavy atom. The van der Waals surface area contributed by atoms with Gasteiger partial charge in [-0.1, -0.05) is 6.92 Å². The van der Waals surface area contributed by atoms with Gasteiger partial charge in [0.05, 0.1) is 0 Å². The van der Waals surface area contributed by atoms with Crippen LogP contribution in [0.25, 0.3) is 0 Å². The van der Waals surface area contributed by atoms with Crippen molar-refractivity contribution in [1.82, 2.24) is 15.5 Å². The van der Waals surface area contributed by atoms with Crippen LogP contribution in [0.15, 0.2) is 0 Å². The Kier molecular flexibility index (Phi) is 3.14. The normalized spacial score (nSPS) is 25.3. The summed E-state index contributed by atoms with van der Waals surface area (Å²) in [5, 5.41) is 14.2. The van der Waals surface area contributed by atoms with E-state index in [1.165, 1.54) is 0 Å². The van der Waals surface area contributed by atoms with E-state index in [2.05, 4.69) is 17.6 Å². The number of aliphatic carboxylic acids is 1. The van der Waals surface area contributed by atoms with Gasteiger partial charge in [-0.2, -0.15) is 0 Å². The predicted octanol–water partition coefficient (Wildman–Crippen LogP) is -0.619. The summed E-state index contributed by atoms with van der Waals surface area (Å²) in [5.41, 5.74) is 0.145. The molecule has 1 saturated heterocycles. The zero-order valence-corrected chi connectivity index (χ0v) is 10.2. The van der Waals surface area contributed by atoms with E-state index in [0.29, 0.717) is 6.54 Å². The second-order valence-corrected chi connectivity index (χ2v) is 5.26. The zero-order valence-electron chi connectivity index (χ0n) is 10.2. The summed E-state index contributed by atoms with van der Waals surface area (Å²) in [7, 11) is 0. The highest BCUT2D eigenvalue weighted by molar-refractivity contribution is 5.90. The number of nitrogens with one attached hydrogen (secondary N) is 2. The van der Waals surface area contributed by atoms with Crippen LogP contribution in [0.5, 0.6) is 0 Å². The van der Waals surface area contributed by atoms with Crippen LogP contribution in [0.2, 0.25) is 0 Å². The molecule has 2 fully saturated rings. The molecule has 1 aliphatic carbocycles. The van der Waals surface area contributed by atoms with E-state index in [0.717, 1.165) is 17.7 Å². The Morgan fingerprint density at radius 2 is 2.22 bits per heavy atom. The summed E-state index contributed by atoms with van der Waals surface area (Å²) in [6, 6.07) is -1.47. The Labute approximate surface area is 105 Å². The Hall–Kier alpha value is -1.79. The van der Waals surface area contributed by atoms with Crippen LogP contribution in [0.4, 0.5) is 4.79 Å². The SMILES string of the molecule is CC1(CNC(=O)N2CC(=O)NCC2C(=O)O)CC1. The van der Waals surface area contributed by atoms with Crippen LogP contribution < -0.4 is 10.6 Å². The van der Waals surface area contributed by atoms with Gasteiger partial charge in [-0.05, 0) is 18.3 Å². The minimum Gasteiger partial charge on any atom is -0.480 e. The van der Waals surface area contributed by atoms with E-state index < -0.39 is 18.0 Å². The summed E-state index contributed by atoms with van der Waals surface area (Å²) in [6.45, 7) is 2.33. The molecule has 18 heavy (non-hydrogen) atoms. The molecular weight excluding hydrogens is 238 g/mol. The number of carbonyl (C=O) groups is 3. The molecule has 0 aromatic rings. The molecule has 2 rings (SSSR count). The van der Waals surface area contributed by atoms with Gasteiger partial charge in [-0.3, -0.25) is 9.69 Å². The molecule has 0 radical (unpaired) electrons. The Bertz CT molecular complexity index is 392. The van der Waals surface area contributed by atoms with Crippen molar-refractivity contribution >= 4 is 17.9 Å². The molecule has 0 bridgehead atoms. The van der Waals surface area contributed by atoms with Crippen LogP contribution in [0, 0.1) is 5.41 Å². The van der Waals surface area contributed by atoms with Crippen molar-refractivity contribution in [1.29, 1.82) is 0 Å². The van der Waals surface area contributed by atoms with Crippen molar-refractivity contribution in [3.8, 4) is 0 Å². The molecule has 1 saturated carbocycles. The lowest BCUT2D eigenvalue weighted by atomic mass is 10.1. The van der Waals surface area contributed by atoms with Crippen molar-refractivity contribution in [3.63, 3.8) is 0 Å². The molecule has 7 nitrogen and oxygen atoms in total. The molecule has 0 spiro atoms. The largest absolute Gasteiger partial charge is 0.480 e. The number of hydrogen-bond donors (Lipinski definition) is 3. The second-order valence-electron chi connectivity index (χ2n) is 5.26. The van der Waals surface area contributed by atoms with Crippen molar-refractivity contribution < 1.29 is 19.5 Å². The fourth-order valence-electron chi connectivity index (χ4n) is 1.86. The maximum Gasteiger partial charge on any atom is 0.328 e. The molecule has 3 amide bonds. The van der Waals surface area contributed by atoms with Gasteiger partial charge in [-0.15, -0.1) is 0 Å². The number of nitrogens with zero attached hydrogens (tertiary/aromatic N) is 1. The van der Waals surface area contributed by atoms with E-state index in [4.69, 9.17) is 5.11 Å². The average molecular weight is 255 g/mol. The molecule has 1 atom stereocenters. The van der Waals surface area contributed by atoms with Crippen molar-refractivity contribution in [2.75, 3.05) is 19.6 Å². The maximum atomic E-state index is 11.9. The second kappa shape index (κ2) is 4.47. The molecule has 2 aliphatic rings. The van der Waals surface area contributed by atoms with Gasteiger partial charge in [0.1, 0.15) is 12.6 Å². The summed E-state index contributed by atoms with van der Waals surface area (Å²) < 4.78 is 0. The number of carbonyl (C=O) groups excluding carboxylic acids is 2. The smallest absolute Gasteiger partial charge is 0.328 e. The third kappa shape index (κ3) is 2.72. The van der Waals surface area contributed by atoms with Crippen LogP contribution >= 0.6 is 0 Å². The zero-order chi connectivity index (χ0) is 13.3. The minimum absolute atomic E-state index is 0.0428. The number of rotatable bonds is 3. The number of piperazine rings is 1. The number of urea groups is 1. The van der Waals surface area contributed by atoms with E-state index in [-0.39, 0.29) is 24.4 Å². The molecule has 100 valence electrons. The molecule has 0 aromatic heterocycles. The number of amides is 3. The fourth-order valence-corrected chi connectivity index (χ4v) is 1.86. The monoisotopic (exact) mass is 255 g/mol. The summed E-state index contributed by atoms with van der Waals surface area (Å²) in [4.78, 5) is 35.2. The van der Waals surface area contributed by atoms with Gasteiger partial charge >= 0.3 is 12.0 Å². The first-order valence-corrected chi connectivity index (χ1v) is 5.95. The fraction of sp³-hybridized carbons (Fsp3) is 0.727. The van der Waals surface area contributed by atoms with Gasteiger partial charge in [0.25, 0.3) is 0 Å². The van der Waals surface area contributed by atoms with Crippen LogP contribution in [-0.2, 0) is 9.59 Å². The molecule has 1 unspecified atom stereocenters. The average Bonchev–Trinajstić information content (AvgIpc) is 3.04. The third-order valence-electron chi connectivity index (χ3n) is 3.50. The van der Waals surface area contributed by atoms with Crippen LogP contribution in [0.1, 0.15) is 19.8 Å². The Balaban J connectivity index is 1.95. The molecule has 1 aliphatic heterocycles. The lowest BCUT2D eigenvalue weighted by molar-refractivity contribution is -0.144. The van der Waals surface area contributed by atoms with E-state index in [9.17, 15) is 14.4 Å². The summed E-state index contributed by atoms with van der Waals surface area (Å²) in [5.74, 6) is -1.44. The topological polar surface area (TPSA) is 98.7 Å². The first kappa shape index (κ1) is 12.7. The third-order valence-corrected chi connectivity index (χ3v) is 3.50. The first-order valence-electron chi connectivity index (χ1n) is 5.95. The van der Waals surface area contributed by atoms with Crippen molar-refractivity contribution in [2.45, 2.75) is 25.8 Å². The lowest BCUT2D eigenvalue weighted by Gasteiger charge is -2.32. The van der Waals surface area contributed by atoms with E-state index >= 15 is 0 Å². The molecule has 3 N–H and O–H groups in total. The van der Waals surface area contributed by atoms with Gasteiger partial charge in [0, 0.05) is 13.1 Å². The highest BCUT2D eigenvalue weighted by Crippen LogP contribution is 2.44. The number of carboxylic acid groups (broad SMARTS) is 1. The number of hydrogen-bond acceptors (Lipinski definition) is 3. The molecule has 0 aromatic carbocycles. The predicted molar refractivity (Wildman–Crippen MR) is 61.9 cm³/mol.